The number of hydrogen-bond donors (Lipinski definition) is 1. The summed E-state index contributed by atoms with van der Waals surface area (Å²) in [5.41, 5.74) is 1.35. The number of morpholine rings is 1. The summed E-state index contributed by atoms with van der Waals surface area (Å²) in [7, 11) is -1.81. The van der Waals surface area contributed by atoms with Gasteiger partial charge in [0.05, 0.1) is 25.0 Å². The summed E-state index contributed by atoms with van der Waals surface area (Å²) in [4.78, 5) is 27.8. The highest BCUT2D eigenvalue weighted by Gasteiger charge is 2.36. The molecule has 2 atom stereocenters. The van der Waals surface area contributed by atoms with Gasteiger partial charge >= 0.3 is 0 Å². The van der Waals surface area contributed by atoms with Crippen molar-refractivity contribution in [2.45, 2.75) is 18.6 Å². The van der Waals surface area contributed by atoms with Crippen LogP contribution in [-0.2, 0) is 28.6 Å². The van der Waals surface area contributed by atoms with Crippen LogP contribution in [-0.4, -0.2) is 76.9 Å². The van der Waals surface area contributed by atoms with Gasteiger partial charge in [-0.15, -0.1) is 0 Å². The SMILES string of the molecule is CN1C[C@H](OS(C)(=O)=O)C[C@@H]1C(=O)Nc1ccc(N2CCOCC2=O)cc1. The molecule has 148 valence electrons. The highest BCUT2D eigenvalue weighted by Crippen LogP contribution is 2.23. The molecule has 2 aliphatic heterocycles. The maximum atomic E-state index is 12.5. The molecule has 0 unspecified atom stereocenters. The predicted molar refractivity (Wildman–Crippen MR) is 99.0 cm³/mol. The Balaban J connectivity index is 1.60. The summed E-state index contributed by atoms with van der Waals surface area (Å²) >= 11 is 0. The topological polar surface area (TPSA) is 105 Å². The molecule has 2 aliphatic rings. The predicted octanol–water partition coefficient (Wildman–Crippen LogP) is 0.0372. The van der Waals surface area contributed by atoms with Gasteiger partial charge in [-0.05, 0) is 31.3 Å². The van der Waals surface area contributed by atoms with Crippen molar-refractivity contribution in [2.75, 3.05) is 49.8 Å². The normalized spacial score (nSPS) is 24.2. The van der Waals surface area contributed by atoms with E-state index in [1.807, 2.05) is 0 Å². The smallest absolute Gasteiger partial charge is 0.264 e. The van der Waals surface area contributed by atoms with Gasteiger partial charge in [-0.25, -0.2) is 0 Å². The number of nitrogens with one attached hydrogen (secondary N) is 1. The average Bonchev–Trinajstić information content (AvgIpc) is 2.94. The number of hydrogen-bond acceptors (Lipinski definition) is 7. The van der Waals surface area contributed by atoms with Gasteiger partial charge in [-0.3, -0.25) is 18.7 Å². The third-order valence-corrected chi connectivity index (χ3v) is 5.18. The molecule has 0 bridgehead atoms. The first kappa shape index (κ1) is 19.7. The Morgan fingerprint density at radius 3 is 2.63 bits per heavy atom. The number of amides is 2. The van der Waals surface area contributed by atoms with Crippen LogP contribution in [0.15, 0.2) is 24.3 Å². The van der Waals surface area contributed by atoms with Crippen LogP contribution in [0, 0.1) is 0 Å². The largest absolute Gasteiger partial charge is 0.370 e. The molecule has 1 aromatic rings. The van der Waals surface area contributed by atoms with Crippen LogP contribution in [0.5, 0.6) is 0 Å². The van der Waals surface area contributed by atoms with E-state index in [1.165, 1.54) is 0 Å². The molecule has 2 fully saturated rings. The summed E-state index contributed by atoms with van der Waals surface area (Å²) in [6.07, 6.45) is 0.771. The summed E-state index contributed by atoms with van der Waals surface area (Å²) in [5, 5.41) is 2.83. The number of carbonyl (C=O) groups is 2. The van der Waals surface area contributed by atoms with Crippen molar-refractivity contribution in [1.29, 1.82) is 0 Å². The van der Waals surface area contributed by atoms with Crippen LogP contribution in [0.2, 0.25) is 0 Å². The Kier molecular flexibility index (Phi) is 5.80. The Bertz CT molecular complexity index is 810. The molecule has 2 heterocycles. The second-order valence-electron chi connectivity index (χ2n) is 6.75. The summed E-state index contributed by atoms with van der Waals surface area (Å²) in [6, 6.07) is 6.53. The number of rotatable bonds is 5. The first-order chi connectivity index (χ1) is 12.7. The Hall–Kier alpha value is -2.01. The van der Waals surface area contributed by atoms with E-state index >= 15 is 0 Å². The molecular weight excluding hydrogens is 374 g/mol. The lowest BCUT2D eigenvalue weighted by Gasteiger charge is -2.27. The van der Waals surface area contributed by atoms with Crippen LogP contribution in [0.3, 0.4) is 0 Å². The van der Waals surface area contributed by atoms with Crippen molar-refractivity contribution in [3.05, 3.63) is 24.3 Å². The van der Waals surface area contributed by atoms with E-state index in [-0.39, 0.29) is 18.4 Å². The first-order valence-corrected chi connectivity index (χ1v) is 10.4. The minimum Gasteiger partial charge on any atom is -0.370 e. The van der Waals surface area contributed by atoms with E-state index in [0.717, 1.165) is 11.9 Å². The van der Waals surface area contributed by atoms with Crippen LogP contribution in [0.1, 0.15) is 6.42 Å². The molecule has 3 rings (SSSR count). The molecule has 27 heavy (non-hydrogen) atoms. The molecule has 0 aromatic heterocycles. The lowest BCUT2D eigenvalue weighted by molar-refractivity contribution is -0.125. The third-order valence-electron chi connectivity index (χ3n) is 4.56. The van der Waals surface area contributed by atoms with E-state index in [0.29, 0.717) is 31.8 Å². The Morgan fingerprint density at radius 2 is 2.00 bits per heavy atom. The third kappa shape index (κ3) is 5.04. The fraction of sp³-hybridized carbons (Fsp3) is 0.529. The van der Waals surface area contributed by atoms with Crippen molar-refractivity contribution in [2.24, 2.45) is 0 Å². The second-order valence-corrected chi connectivity index (χ2v) is 8.35. The van der Waals surface area contributed by atoms with Crippen molar-refractivity contribution < 1.29 is 26.9 Å². The molecule has 0 saturated carbocycles. The number of carbonyl (C=O) groups excluding carboxylic acids is 2. The van der Waals surface area contributed by atoms with Crippen molar-refractivity contribution >= 4 is 33.3 Å². The molecule has 2 amide bonds. The van der Waals surface area contributed by atoms with Gasteiger partial charge < -0.3 is 15.0 Å². The minimum atomic E-state index is -3.56. The first-order valence-electron chi connectivity index (χ1n) is 8.60. The Labute approximate surface area is 158 Å². The van der Waals surface area contributed by atoms with E-state index < -0.39 is 22.3 Å². The lowest BCUT2D eigenvalue weighted by Crippen LogP contribution is -2.41. The molecule has 1 aromatic carbocycles. The van der Waals surface area contributed by atoms with Crippen LogP contribution >= 0.6 is 0 Å². The standard InChI is InChI=1S/C17H23N3O6S/c1-19-10-14(26-27(2,23)24)9-15(19)17(22)18-12-3-5-13(6-4-12)20-7-8-25-11-16(20)21/h3-6,14-15H,7-11H2,1-2H3,(H,18,22)/t14-,15-/m1/s1. The highest BCUT2D eigenvalue weighted by atomic mass is 32.2. The number of likely N-dealkylation sites (N-methyl/N-ethyl adjacent to an activating group) is 1. The van der Waals surface area contributed by atoms with E-state index in [2.05, 4.69) is 5.32 Å². The monoisotopic (exact) mass is 397 g/mol. The highest BCUT2D eigenvalue weighted by molar-refractivity contribution is 7.86. The molecule has 0 aliphatic carbocycles. The van der Waals surface area contributed by atoms with E-state index in [9.17, 15) is 18.0 Å². The van der Waals surface area contributed by atoms with Crippen LogP contribution < -0.4 is 10.2 Å². The van der Waals surface area contributed by atoms with Gasteiger partial charge in [-0.1, -0.05) is 0 Å². The Morgan fingerprint density at radius 1 is 1.30 bits per heavy atom. The van der Waals surface area contributed by atoms with Gasteiger partial charge in [0.25, 0.3) is 16.0 Å². The number of ether oxygens (including phenoxy) is 1. The quantitative estimate of drug-likeness (QED) is 0.699. The van der Waals surface area contributed by atoms with Crippen molar-refractivity contribution in [1.82, 2.24) is 4.90 Å². The zero-order valence-corrected chi connectivity index (χ0v) is 16.1. The summed E-state index contributed by atoms with van der Waals surface area (Å²) < 4.78 is 32.7. The zero-order chi connectivity index (χ0) is 19.6. The maximum absolute atomic E-state index is 12.5. The second kappa shape index (κ2) is 7.93. The molecule has 1 N–H and O–H groups in total. The van der Waals surface area contributed by atoms with Gasteiger partial charge in [0.1, 0.15) is 6.61 Å². The molecule has 0 spiro atoms. The van der Waals surface area contributed by atoms with Gasteiger partial charge in [0.2, 0.25) is 5.91 Å². The lowest BCUT2D eigenvalue weighted by atomic mass is 10.1. The minimum absolute atomic E-state index is 0.0726. The molecule has 9 nitrogen and oxygen atoms in total. The van der Waals surface area contributed by atoms with Gasteiger partial charge in [0, 0.05) is 30.9 Å². The van der Waals surface area contributed by atoms with Gasteiger partial charge in [-0.2, -0.15) is 8.42 Å². The molecule has 10 heteroatoms. The number of anilines is 2. The van der Waals surface area contributed by atoms with E-state index in [4.69, 9.17) is 8.92 Å². The van der Waals surface area contributed by atoms with Crippen molar-refractivity contribution in [3.8, 4) is 0 Å². The number of likely N-dealkylation sites (tertiary alicyclic amines) is 1. The number of nitrogens with zero attached hydrogens (tertiary/aromatic N) is 2. The average molecular weight is 397 g/mol. The fourth-order valence-corrected chi connectivity index (χ4v) is 3.95. The molecular formula is C17H23N3O6S. The van der Waals surface area contributed by atoms with E-state index in [1.54, 1.807) is 41.1 Å². The van der Waals surface area contributed by atoms with Crippen LogP contribution in [0.25, 0.3) is 0 Å². The molecule has 0 radical (unpaired) electrons. The zero-order valence-electron chi connectivity index (χ0n) is 15.3. The summed E-state index contributed by atoms with van der Waals surface area (Å²) in [5.74, 6) is -0.324. The maximum Gasteiger partial charge on any atom is 0.264 e. The summed E-state index contributed by atoms with van der Waals surface area (Å²) in [6.45, 7) is 1.43. The van der Waals surface area contributed by atoms with Crippen LogP contribution in [0.4, 0.5) is 11.4 Å². The number of benzene rings is 1. The molecule has 2 saturated heterocycles. The van der Waals surface area contributed by atoms with Crippen molar-refractivity contribution in [3.63, 3.8) is 0 Å². The van der Waals surface area contributed by atoms with Gasteiger partial charge in [0.15, 0.2) is 0 Å². The fourth-order valence-electron chi connectivity index (χ4n) is 3.32.